The number of rotatable bonds is 6. The lowest BCUT2D eigenvalue weighted by atomic mass is 10.0. The van der Waals surface area contributed by atoms with Crippen LogP contribution < -0.4 is 5.32 Å². The van der Waals surface area contributed by atoms with Crippen LogP contribution in [0.5, 0.6) is 0 Å². The van der Waals surface area contributed by atoms with Gasteiger partial charge in [-0.05, 0) is 31.9 Å². The van der Waals surface area contributed by atoms with Gasteiger partial charge in [-0.1, -0.05) is 43.4 Å². The third-order valence-electron chi connectivity index (χ3n) is 5.88. The van der Waals surface area contributed by atoms with E-state index in [9.17, 15) is 13.2 Å². The van der Waals surface area contributed by atoms with Crippen molar-refractivity contribution < 1.29 is 13.2 Å². The van der Waals surface area contributed by atoms with Crippen molar-refractivity contribution in [1.82, 2.24) is 14.5 Å². The number of amides is 1. The van der Waals surface area contributed by atoms with Gasteiger partial charge in [0.05, 0.1) is 5.75 Å². The summed E-state index contributed by atoms with van der Waals surface area (Å²) in [5.74, 6) is -0.0383. The number of hydrogen-bond donors (Lipinski definition) is 1. The predicted octanol–water partition coefficient (Wildman–Crippen LogP) is 2.40. The van der Waals surface area contributed by atoms with Gasteiger partial charge >= 0.3 is 0 Å². The smallest absolute Gasteiger partial charge is 0.254 e. The van der Waals surface area contributed by atoms with Gasteiger partial charge in [0, 0.05) is 44.3 Å². The van der Waals surface area contributed by atoms with Crippen molar-refractivity contribution in [2.75, 3.05) is 38.5 Å². The fourth-order valence-corrected chi connectivity index (χ4v) is 5.57. The third-order valence-corrected chi connectivity index (χ3v) is 7.73. The molecule has 2 fully saturated rings. The first-order valence-electron chi connectivity index (χ1n) is 10.5. The van der Waals surface area contributed by atoms with Crippen LogP contribution in [0.3, 0.4) is 0 Å². The van der Waals surface area contributed by atoms with Crippen molar-refractivity contribution in [2.45, 2.75) is 51.5 Å². The number of carbonyl (C=O) groups is 1. The number of hydrogen-bond acceptors (Lipinski definition) is 4. The van der Waals surface area contributed by atoms with Crippen LogP contribution in [0.1, 0.15) is 54.4 Å². The molecule has 1 aromatic carbocycles. The van der Waals surface area contributed by atoms with Gasteiger partial charge in [-0.25, -0.2) is 8.42 Å². The molecule has 1 heterocycles. The zero-order chi connectivity index (χ0) is 20.0. The maximum Gasteiger partial charge on any atom is 0.254 e. The summed E-state index contributed by atoms with van der Waals surface area (Å²) >= 11 is 0. The second kappa shape index (κ2) is 9.85. The Bertz CT molecular complexity index is 735. The Labute approximate surface area is 169 Å². The van der Waals surface area contributed by atoms with Gasteiger partial charge in [0.25, 0.3) is 5.91 Å². The molecule has 0 aromatic heterocycles. The fourth-order valence-electron chi connectivity index (χ4n) is 4.15. The quantitative estimate of drug-likeness (QED) is 0.735. The van der Waals surface area contributed by atoms with Crippen LogP contribution in [-0.2, 0) is 10.0 Å². The molecule has 0 atom stereocenters. The molecule has 1 aliphatic heterocycles. The summed E-state index contributed by atoms with van der Waals surface area (Å²) in [5.41, 5.74) is 1.76. The van der Waals surface area contributed by atoms with Crippen LogP contribution in [-0.4, -0.2) is 68.0 Å². The van der Waals surface area contributed by atoms with Gasteiger partial charge in [-0.3, -0.25) is 4.79 Å². The molecule has 0 bridgehead atoms. The summed E-state index contributed by atoms with van der Waals surface area (Å²) in [6.45, 7) is 4.66. The van der Waals surface area contributed by atoms with Crippen molar-refractivity contribution >= 4 is 15.9 Å². The minimum atomic E-state index is -3.35. The van der Waals surface area contributed by atoms with Gasteiger partial charge in [0.1, 0.15) is 0 Å². The Balaban J connectivity index is 1.75. The molecule has 0 radical (unpaired) electrons. The van der Waals surface area contributed by atoms with Gasteiger partial charge in [0.2, 0.25) is 10.0 Å². The van der Waals surface area contributed by atoms with Crippen molar-refractivity contribution in [2.24, 2.45) is 0 Å². The summed E-state index contributed by atoms with van der Waals surface area (Å²) < 4.78 is 27.2. The number of sulfonamides is 1. The van der Waals surface area contributed by atoms with Crippen molar-refractivity contribution in [1.29, 1.82) is 0 Å². The molecule has 6 nitrogen and oxygen atoms in total. The molecule has 7 heteroatoms. The van der Waals surface area contributed by atoms with E-state index in [0.717, 1.165) is 31.2 Å². The monoisotopic (exact) mass is 407 g/mol. The van der Waals surface area contributed by atoms with E-state index < -0.39 is 10.0 Å². The normalized spacial score (nSPS) is 19.9. The van der Waals surface area contributed by atoms with Gasteiger partial charge < -0.3 is 10.2 Å². The summed E-state index contributed by atoms with van der Waals surface area (Å²) in [5, 5.41) is 3.18. The van der Waals surface area contributed by atoms with Crippen molar-refractivity contribution in [3.05, 3.63) is 35.4 Å². The SMILES string of the molecule is Cc1ccc(C(=O)N(CCS(=O)(=O)N2CCNCC2)C2CCCCCC2)cc1. The van der Waals surface area contributed by atoms with Crippen LogP contribution in [0.4, 0.5) is 0 Å². The maximum atomic E-state index is 13.3. The number of nitrogens with zero attached hydrogens (tertiary/aromatic N) is 2. The van der Waals surface area contributed by atoms with Crippen molar-refractivity contribution in [3.8, 4) is 0 Å². The minimum absolute atomic E-state index is 0.00109. The molecule has 156 valence electrons. The topological polar surface area (TPSA) is 69.7 Å². The second-order valence-electron chi connectivity index (χ2n) is 7.98. The standard InChI is InChI=1S/C21H33N3O3S/c1-18-8-10-19(11-9-18)21(25)24(20-6-4-2-3-5-7-20)16-17-28(26,27)23-14-12-22-13-15-23/h8-11,20,22H,2-7,12-17H2,1H3. The lowest BCUT2D eigenvalue weighted by Gasteiger charge is -2.33. The van der Waals surface area contributed by atoms with Crippen LogP contribution >= 0.6 is 0 Å². The number of piperazine rings is 1. The number of nitrogens with one attached hydrogen (secondary N) is 1. The first kappa shape index (κ1) is 21.3. The molecule has 2 aliphatic rings. The second-order valence-corrected chi connectivity index (χ2v) is 10.1. The third kappa shape index (κ3) is 5.55. The zero-order valence-electron chi connectivity index (χ0n) is 16.9. The molecule has 1 saturated heterocycles. The molecule has 1 saturated carbocycles. The van der Waals surface area contributed by atoms with E-state index in [1.165, 1.54) is 12.8 Å². The highest BCUT2D eigenvalue weighted by Gasteiger charge is 2.29. The summed E-state index contributed by atoms with van der Waals surface area (Å²) in [4.78, 5) is 15.1. The van der Waals surface area contributed by atoms with Crippen LogP contribution in [0, 0.1) is 6.92 Å². The van der Waals surface area contributed by atoms with Gasteiger partial charge in [-0.15, -0.1) is 0 Å². The maximum absolute atomic E-state index is 13.3. The molecule has 3 rings (SSSR count). The Hall–Kier alpha value is -1.44. The number of benzene rings is 1. The highest BCUT2D eigenvalue weighted by molar-refractivity contribution is 7.89. The Morgan fingerprint density at radius 2 is 1.68 bits per heavy atom. The molecule has 1 aliphatic carbocycles. The highest BCUT2D eigenvalue weighted by atomic mass is 32.2. The Morgan fingerprint density at radius 1 is 1.07 bits per heavy atom. The largest absolute Gasteiger partial charge is 0.335 e. The molecule has 1 N–H and O–H groups in total. The lowest BCUT2D eigenvalue weighted by molar-refractivity contribution is 0.0674. The molecular weight excluding hydrogens is 374 g/mol. The van der Waals surface area contributed by atoms with Crippen LogP contribution in [0.15, 0.2) is 24.3 Å². The minimum Gasteiger partial charge on any atom is -0.335 e. The highest BCUT2D eigenvalue weighted by Crippen LogP contribution is 2.24. The molecule has 28 heavy (non-hydrogen) atoms. The van der Waals surface area contributed by atoms with E-state index in [4.69, 9.17) is 0 Å². The Morgan fingerprint density at radius 3 is 2.29 bits per heavy atom. The van der Waals surface area contributed by atoms with E-state index in [1.807, 2.05) is 36.1 Å². The van der Waals surface area contributed by atoms with Crippen LogP contribution in [0.2, 0.25) is 0 Å². The van der Waals surface area contributed by atoms with E-state index >= 15 is 0 Å². The van der Waals surface area contributed by atoms with Gasteiger partial charge in [-0.2, -0.15) is 4.31 Å². The van der Waals surface area contributed by atoms with Crippen molar-refractivity contribution in [3.63, 3.8) is 0 Å². The van der Waals surface area contributed by atoms with Crippen LogP contribution in [0.25, 0.3) is 0 Å². The summed E-state index contributed by atoms with van der Waals surface area (Å²) in [7, 11) is -3.35. The number of carbonyl (C=O) groups excluding carboxylic acids is 1. The average Bonchev–Trinajstić information content (AvgIpc) is 2.99. The molecular formula is C21H33N3O3S. The van der Waals surface area contributed by atoms with E-state index in [0.29, 0.717) is 31.7 Å². The van der Waals surface area contributed by atoms with Gasteiger partial charge in [0.15, 0.2) is 0 Å². The molecule has 0 spiro atoms. The zero-order valence-corrected chi connectivity index (χ0v) is 17.7. The number of aryl methyl sites for hydroxylation is 1. The fraction of sp³-hybridized carbons (Fsp3) is 0.667. The average molecular weight is 408 g/mol. The predicted molar refractivity (Wildman–Crippen MR) is 112 cm³/mol. The first-order valence-corrected chi connectivity index (χ1v) is 12.1. The molecule has 1 amide bonds. The molecule has 0 unspecified atom stereocenters. The van der Waals surface area contributed by atoms with E-state index in [1.54, 1.807) is 4.31 Å². The van der Waals surface area contributed by atoms with E-state index in [2.05, 4.69) is 5.32 Å². The van der Waals surface area contributed by atoms with E-state index in [-0.39, 0.29) is 24.2 Å². The summed E-state index contributed by atoms with van der Waals surface area (Å²) in [6, 6.07) is 7.72. The Kier molecular flexibility index (Phi) is 7.48. The summed E-state index contributed by atoms with van der Waals surface area (Å²) in [6.07, 6.45) is 6.53. The lowest BCUT2D eigenvalue weighted by Crippen LogP contribution is -2.49. The first-order chi connectivity index (χ1) is 13.5. The molecule has 1 aromatic rings.